The van der Waals surface area contributed by atoms with Crippen molar-refractivity contribution < 1.29 is 62.5 Å². The summed E-state index contributed by atoms with van der Waals surface area (Å²) >= 11 is 0. The Balaban J connectivity index is 0.000000260. The second-order valence-electron chi connectivity index (χ2n) is 29.7. The van der Waals surface area contributed by atoms with Crippen LogP contribution in [0.5, 0.6) is 0 Å². The minimum atomic E-state index is -1.13. The van der Waals surface area contributed by atoms with E-state index >= 15 is 0 Å². The number of hydrogen-bond donors (Lipinski definition) is 8. The number of H-pyrrole nitrogens is 1. The van der Waals surface area contributed by atoms with Crippen LogP contribution in [-0.2, 0) is 85.5 Å². The summed E-state index contributed by atoms with van der Waals surface area (Å²) in [5.74, 6) is -3.00. The van der Waals surface area contributed by atoms with E-state index in [1.807, 2.05) is 208 Å². The first kappa shape index (κ1) is 94.0. The molecule has 6 aromatic carbocycles. The van der Waals surface area contributed by atoms with Crippen LogP contribution >= 0.6 is 0 Å². The van der Waals surface area contributed by atoms with Crippen molar-refractivity contribution in [1.29, 1.82) is 0 Å². The van der Waals surface area contributed by atoms with Crippen molar-refractivity contribution in [2.24, 2.45) is 15.7 Å². The molecule has 626 valence electrons. The van der Waals surface area contributed by atoms with Crippen LogP contribution in [0.4, 0.5) is 14.4 Å². The molecule has 0 fully saturated rings. The van der Waals surface area contributed by atoms with Crippen molar-refractivity contribution >= 4 is 66.2 Å². The molecule has 0 radical (unpaired) electrons. The van der Waals surface area contributed by atoms with E-state index in [0.717, 1.165) is 27.8 Å². The van der Waals surface area contributed by atoms with Crippen LogP contribution in [0.2, 0.25) is 0 Å². The Morgan fingerprint density at radius 3 is 1.06 bits per heavy atom. The normalized spacial score (nSPS) is 12.9. The fraction of sp³-hybridized carbons (Fsp3) is 0.348. The lowest BCUT2D eigenvalue weighted by Crippen LogP contribution is -2.52. The molecule has 9 N–H and O–H groups in total. The highest BCUT2D eigenvalue weighted by Crippen LogP contribution is 2.25. The van der Waals surface area contributed by atoms with E-state index in [9.17, 15) is 43.2 Å². The van der Waals surface area contributed by atoms with Gasteiger partial charge in [0.2, 0.25) is 29.5 Å². The molecule has 1 aromatic heterocycles. The number of imidazole rings is 1. The fourth-order valence-corrected chi connectivity index (χ4v) is 11.8. The number of aliphatic imine (C=N–C) groups is 2. The number of benzene rings is 6. The molecule has 0 spiro atoms. The third-order valence-corrected chi connectivity index (χ3v) is 18.9. The highest BCUT2D eigenvalue weighted by atomic mass is 16.6. The van der Waals surface area contributed by atoms with Crippen molar-refractivity contribution in [2.75, 3.05) is 58.9 Å². The quantitative estimate of drug-likeness (QED) is 0.0132. The number of nitrogens with two attached hydrogens (primary N) is 1. The zero-order valence-corrected chi connectivity index (χ0v) is 69.1. The van der Waals surface area contributed by atoms with Gasteiger partial charge in [0, 0.05) is 123 Å². The lowest BCUT2D eigenvalue weighted by Gasteiger charge is -2.28. The minimum Gasteiger partial charge on any atom is -0.480 e. The molecule has 9 rings (SSSR count). The van der Waals surface area contributed by atoms with E-state index in [-0.39, 0.29) is 106 Å². The van der Waals surface area contributed by atoms with E-state index in [1.165, 1.54) is 26.6 Å². The van der Waals surface area contributed by atoms with E-state index in [0.29, 0.717) is 49.6 Å². The van der Waals surface area contributed by atoms with Gasteiger partial charge in [-0.1, -0.05) is 272 Å². The molecular formula is C92H115N13O13. The molecule has 0 aliphatic carbocycles. The number of ether oxygens (including phenoxy) is 3. The van der Waals surface area contributed by atoms with Crippen molar-refractivity contribution in [3.63, 3.8) is 0 Å². The fourth-order valence-electron chi connectivity index (χ4n) is 11.8. The molecule has 2 aliphatic rings. The van der Waals surface area contributed by atoms with Crippen molar-refractivity contribution in [1.82, 2.24) is 51.3 Å². The minimum absolute atomic E-state index is 0.0614. The highest BCUT2D eigenvalue weighted by molar-refractivity contribution is 5.92. The summed E-state index contributed by atoms with van der Waals surface area (Å²) in [4.78, 5) is 134. The molecule has 26 nitrogen and oxygen atoms in total. The van der Waals surface area contributed by atoms with Crippen LogP contribution in [0.25, 0.3) is 0 Å². The molecule has 118 heavy (non-hydrogen) atoms. The number of hydrogen-bond acceptors (Lipinski definition) is 16. The van der Waals surface area contributed by atoms with Gasteiger partial charge in [0.15, 0.2) is 0 Å². The number of allylic oxidation sites excluding steroid dienone is 5. The molecule has 26 heteroatoms. The van der Waals surface area contributed by atoms with E-state index in [4.69, 9.17) is 25.1 Å². The lowest BCUT2D eigenvalue weighted by molar-refractivity contribution is -0.144. The number of nitrogens with zero attached hydrogens (tertiary/aromatic N) is 6. The van der Waals surface area contributed by atoms with Gasteiger partial charge in [-0.15, -0.1) is 0 Å². The van der Waals surface area contributed by atoms with Gasteiger partial charge >= 0.3 is 24.2 Å². The smallest absolute Gasteiger partial charge is 0.408 e. The number of alkyl carbamates (subject to hydrolysis) is 3. The topological polar surface area (TPSA) is 351 Å². The number of aromatic amines is 1. The Labute approximate surface area is 693 Å². The number of nitrogens with one attached hydrogen (secondary N) is 6. The largest absolute Gasteiger partial charge is 0.480 e. The third-order valence-electron chi connectivity index (χ3n) is 18.9. The third kappa shape index (κ3) is 34.7. The van der Waals surface area contributed by atoms with Crippen LogP contribution in [0.3, 0.4) is 0 Å². The summed E-state index contributed by atoms with van der Waals surface area (Å²) < 4.78 is 15.9. The molecule has 3 heterocycles. The first-order valence-electron chi connectivity index (χ1n) is 39.4. The van der Waals surface area contributed by atoms with Gasteiger partial charge in [-0.05, 0) is 54.2 Å². The van der Waals surface area contributed by atoms with Crippen molar-refractivity contribution in [3.05, 3.63) is 294 Å². The van der Waals surface area contributed by atoms with Gasteiger partial charge < -0.3 is 71.3 Å². The number of carbonyl (C=O) groups is 9. The predicted molar refractivity (Wildman–Crippen MR) is 460 cm³/mol. The Morgan fingerprint density at radius 2 is 0.771 bits per heavy atom. The van der Waals surface area contributed by atoms with Crippen molar-refractivity contribution in [2.45, 2.75) is 149 Å². The zero-order valence-electron chi connectivity index (χ0n) is 69.1. The van der Waals surface area contributed by atoms with Gasteiger partial charge in [0.1, 0.15) is 44.5 Å². The molecular weight excluding hydrogens is 1500 g/mol. The number of aromatic nitrogens is 2. The number of carboxylic acids is 1. The van der Waals surface area contributed by atoms with Gasteiger partial charge in [-0.3, -0.25) is 38.8 Å². The monoisotopic (exact) mass is 1610 g/mol. The first-order chi connectivity index (χ1) is 56.7. The molecule has 8 amide bonds. The van der Waals surface area contributed by atoms with Crippen LogP contribution < -0.4 is 32.3 Å². The molecule has 0 saturated carbocycles. The predicted octanol–water partition coefficient (Wildman–Crippen LogP) is 12.7. The summed E-state index contributed by atoms with van der Waals surface area (Å²) in [6, 6.07) is 55.1. The highest BCUT2D eigenvalue weighted by Gasteiger charge is 2.33. The number of rotatable bonds is 38. The Bertz CT molecular complexity index is 4480. The first-order valence-corrected chi connectivity index (χ1v) is 39.4. The maximum Gasteiger partial charge on any atom is 0.408 e. The van der Waals surface area contributed by atoms with E-state index in [1.54, 1.807) is 49.9 Å². The summed E-state index contributed by atoms with van der Waals surface area (Å²) in [6.45, 7) is 19.5. The van der Waals surface area contributed by atoms with Crippen LogP contribution in [0, 0.1) is 0 Å². The molecule has 3 atom stereocenters. The molecule has 0 bridgehead atoms. The maximum atomic E-state index is 13.7. The molecule has 0 unspecified atom stereocenters. The van der Waals surface area contributed by atoms with Gasteiger partial charge in [0.05, 0.1) is 19.4 Å². The van der Waals surface area contributed by atoms with Crippen LogP contribution in [-0.4, -0.2) is 173 Å². The van der Waals surface area contributed by atoms with E-state index < -0.39 is 60.7 Å². The summed E-state index contributed by atoms with van der Waals surface area (Å²) in [5.41, 5.74) is 13.2. The summed E-state index contributed by atoms with van der Waals surface area (Å²) in [6.07, 6.45) is 20.6. The van der Waals surface area contributed by atoms with Crippen molar-refractivity contribution in [3.8, 4) is 0 Å². The van der Waals surface area contributed by atoms with Gasteiger partial charge in [-0.25, -0.2) is 19.4 Å². The number of carbonyl (C=O) groups excluding carboxylic acids is 8. The molecule has 0 saturated heterocycles. The number of aliphatic carboxylic acids is 1. The maximum absolute atomic E-state index is 13.7. The van der Waals surface area contributed by atoms with Crippen LogP contribution in [0.15, 0.2) is 265 Å². The van der Waals surface area contributed by atoms with Crippen LogP contribution in [0.1, 0.15) is 127 Å². The standard InChI is InChI=1S/C31H38N4O4.C30H37N5O4.C21H25N3O5.C10H15N/c1-4-5-19-35(21-28(36)33-23-31(2,3)25-15-10-7-11-16-25)29(37)27(20-26-17-12-18-32-26)34-30(38)39-22-24-13-8-6-9-14-24;1-4-5-16-35(19-27(36)32-21-30(2,3)24-14-10-7-11-15-24)28(37)26(17-25-18-31-22-33-25)34-29(38)39-20-23-12-8-6-9-13-23;1-2-3-12-24(14-19(25)26)20(27)18(13-17-10-7-11-22-17)23-21(28)29-15-16-8-5-4-6-9-16;1-10(2,8-11)9-6-4-3-5-7-9/h4-11,13-18,27H,12,19-23H2,1-3H3,(H,33,36)(H,34,38);4-15,18,22,26H,16-17,19-21H2,1-3H3,(H,31,33)(H,32,36)(H,34,38);2-6,8-11,18H,7,12-15H2,1H3,(H,23,28)(H,25,26);3-7H,8,11H2,1-2H3/b2*5-4+;3-2+;/t27-;26-;18-;/m000./s1. The summed E-state index contributed by atoms with van der Waals surface area (Å²) in [7, 11) is 0. The number of amides is 8. The van der Waals surface area contributed by atoms with Gasteiger partial charge in [-0.2, -0.15) is 0 Å². The zero-order chi connectivity index (χ0) is 85.6. The SMILES string of the molecule is C/C=C/CN(CC(=O)NCC(C)(C)c1ccccc1)C(=O)[C@H](CC1=CCC=N1)NC(=O)OCc1ccccc1.C/C=C/CN(CC(=O)NCC(C)(C)c1ccccc1)C(=O)[C@H](Cc1cnc[nH]1)NC(=O)OCc1ccccc1.C/C=C/CN(CC(=O)O)C(=O)[C@H](CC1=CCC=N1)NC(=O)OCc1ccccc1.CC(C)(CN)c1ccccc1. The van der Waals surface area contributed by atoms with E-state index in [2.05, 4.69) is 100 Å². The molecule has 7 aromatic rings. The average Bonchev–Trinajstić information content (AvgIpc) is 1.11. The second-order valence-corrected chi connectivity index (χ2v) is 29.7. The Hall–Kier alpha value is -12.8. The molecule has 2 aliphatic heterocycles. The average molecular weight is 1610 g/mol. The second kappa shape index (κ2) is 50.5. The Morgan fingerprint density at radius 1 is 0.458 bits per heavy atom. The number of carboxylic acid groups (broad SMARTS) is 1. The summed E-state index contributed by atoms with van der Waals surface area (Å²) in [5, 5.41) is 23.0. The van der Waals surface area contributed by atoms with Gasteiger partial charge in [0.25, 0.3) is 0 Å². The Kier molecular flexibility index (Phi) is 40.2. The lowest BCUT2D eigenvalue weighted by atomic mass is 9.84.